The van der Waals surface area contributed by atoms with Crippen molar-refractivity contribution in [3.63, 3.8) is 0 Å². The predicted molar refractivity (Wildman–Crippen MR) is 194 cm³/mol. The number of primary amides is 1. The summed E-state index contributed by atoms with van der Waals surface area (Å²) in [6.07, 6.45) is 7.73. The van der Waals surface area contributed by atoms with Crippen molar-refractivity contribution in [1.82, 2.24) is 25.8 Å². The zero-order valence-electron chi connectivity index (χ0n) is 32.4. The van der Waals surface area contributed by atoms with E-state index < -0.39 is 69.9 Å². The third-order valence-electron chi connectivity index (χ3n) is 10.1. The first-order valence-electron chi connectivity index (χ1n) is 18.4. The molecule has 1 aliphatic carbocycles. The molecule has 13 nitrogen and oxygen atoms in total. The molecular weight excluding hydrogens is 652 g/mol. The largest absolute Gasteiger partial charge is 0.363 e. The van der Waals surface area contributed by atoms with Crippen LogP contribution in [0.2, 0.25) is 0 Å². The topological polar surface area (TPSA) is 188 Å². The third-order valence-corrected chi connectivity index (χ3v) is 10.1. The fourth-order valence-corrected chi connectivity index (χ4v) is 6.75. The molecule has 0 radical (unpaired) electrons. The number of nitrogens with one attached hydrogen (secondary N) is 3. The van der Waals surface area contributed by atoms with E-state index in [2.05, 4.69) is 29.8 Å². The van der Waals surface area contributed by atoms with Gasteiger partial charge in [-0.05, 0) is 47.3 Å². The van der Waals surface area contributed by atoms with Gasteiger partial charge in [-0.25, -0.2) is 4.79 Å². The van der Waals surface area contributed by atoms with Crippen LogP contribution in [0.1, 0.15) is 114 Å². The number of nitrogens with two attached hydrogens (primary N) is 1. The van der Waals surface area contributed by atoms with Crippen LogP contribution < -0.4 is 21.7 Å². The van der Waals surface area contributed by atoms with Crippen molar-refractivity contribution < 1.29 is 33.6 Å². The van der Waals surface area contributed by atoms with Crippen LogP contribution in [0.4, 0.5) is 4.79 Å². The van der Waals surface area contributed by atoms with E-state index in [9.17, 15) is 33.6 Å². The lowest BCUT2D eigenvalue weighted by atomic mass is 9.80. The summed E-state index contributed by atoms with van der Waals surface area (Å²) in [7, 11) is 0. The molecule has 0 aromatic heterocycles. The number of ketones is 1. The summed E-state index contributed by atoms with van der Waals surface area (Å²) in [4.78, 5) is 95.4. The van der Waals surface area contributed by atoms with E-state index >= 15 is 0 Å². The first kappa shape index (κ1) is 41.6. The summed E-state index contributed by atoms with van der Waals surface area (Å²) in [5.41, 5.74) is 3.55. The Morgan fingerprint density at radius 3 is 1.98 bits per heavy atom. The van der Waals surface area contributed by atoms with Crippen LogP contribution in [0.15, 0.2) is 12.2 Å². The van der Waals surface area contributed by atoms with Crippen molar-refractivity contribution in [2.24, 2.45) is 39.7 Å². The van der Waals surface area contributed by atoms with Gasteiger partial charge in [0.1, 0.15) is 12.1 Å². The molecule has 286 valence electrons. The van der Waals surface area contributed by atoms with Crippen LogP contribution in [0.5, 0.6) is 0 Å². The first-order valence-corrected chi connectivity index (χ1v) is 18.4. The van der Waals surface area contributed by atoms with Crippen molar-refractivity contribution in [2.45, 2.75) is 138 Å². The second-order valence-electron chi connectivity index (χ2n) is 18.2. The quantitative estimate of drug-likeness (QED) is 0.120. The fourth-order valence-electron chi connectivity index (χ4n) is 6.75. The maximum absolute atomic E-state index is 14.5. The molecule has 3 aliphatic rings. The molecule has 2 heterocycles. The lowest BCUT2D eigenvalue weighted by molar-refractivity contribution is -0.153. The number of hydrogen-bond donors (Lipinski definition) is 4. The molecule has 13 heteroatoms. The second kappa shape index (κ2) is 16.3. The Hall–Kier alpha value is -3.77. The molecule has 2 aliphatic heterocycles. The fraction of sp³-hybridized carbons (Fsp3) is 0.763. The summed E-state index contributed by atoms with van der Waals surface area (Å²) in [6.45, 7) is 19.3. The number of amides is 7. The number of allylic oxidation sites excluding steroid dienone is 1. The smallest absolute Gasteiger partial charge is 0.315 e. The Bertz CT molecular complexity index is 1370. The van der Waals surface area contributed by atoms with Gasteiger partial charge in [0, 0.05) is 31.8 Å². The highest BCUT2D eigenvalue weighted by atomic mass is 16.2. The van der Waals surface area contributed by atoms with E-state index in [1.165, 1.54) is 9.80 Å². The van der Waals surface area contributed by atoms with E-state index in [4.69, 9.17) is 5.73 Å². The van der Waals surface area contributed by atoms with Crippen LogP contribution in [-0.2, 0) is 28.8 Å². The van der Waals surface area contributed by atoms with Gasteiger partial charge in [0.15, 0.2) is 0 Å². The number of likely N-dealkylation sites (tertiary alicyclic amines) is 2. The summed E-state index contributed by atoms with van der Waals surface area (Å²) in [5.74, 6) is -3.35. The molecule has 1 saturated carbocycles. The predicted octanol–water partition coefficient (Wildman–Crippen LogP) is 3.45. The highest BCUT2D eigenvalue weighted by Crippen LogP contribution is 2.35. The van der Waals surface area contributed by atoms with Gasteiger partial charge in [0.25, 0.3) is 5.91 Å². The average molecular weight is 715 g/mol. The van der Waals surface area contributed by atoms with Crippen LogP contribution in [0, 0.1) is 34.0 Å². The van der Waals surface area contributed by atoms with Gasteiger partial charge < -0.3 is 26.6 Å². The number of hydrogen-bond acceptors (Lipinski definition) is 7. The van der Waals surface area contributed by atoms with Gasteiger partial charge >= 0.3 is 6.03 Å². The Labute approximate surface area is 303 Å². The van der Waals surface area contributed by atoms with E-state index in [-0.39, 0.29) is 49.6 Å². The number of imide groups is 1. The number of urea groups is 1. The Kier molecular flexibility index (Phi) is 13.3. The molecular formula is C38H62N6O7. The number of piperidine rings is 1. The van der Waals surface area contributed by atoms with E-state index in [0.717, 1.165) is 19.3 Å². The lowest BCUT2D eigenvalue weighted by Gasteiger charge is -2.40. The highest BCUT2D eigenvalue weighted by molar-refractivity contribution is 6.37. The van der Waals surface area contributed by atoms with Crippen LogP contribution >= 0.6 is 0 Å². The number of rotatable bonds is 14. The van der Waals surface area contributed by atoms with Crippen molar-refractivity contribution in [3.8, 4) is 0 Å². The molecule has 5 atom stereocenters. The lowest BCUT2D eigenvalue weighted by Crippen LogP contribution is -2.62. The molecule has 5 N–H and O–H groups in total. The normalized spacial score (nSPS) is 22.9. The summed E-state index contributed by atoms with van der Waals surface area (Å²) >= 11 is 0. The maximum atomic E-state index is 14.5. The number of carbonyl (C=O) groups is 7. The number of nitrogens with zero attached hydrogens (tertiary/aromatic N) is 2. The molecule has 2 unspecified atom stereocenters. The molecule has 0 bridgehead atoms. The molecule has 0 aromatic carbocycles. The van der Waals surface area contributed by atoms with Gasteiger partial charge in [-0.1, -0.05) is 94.2 Å². The van der Waals surface area contributed by atoms with Gasteiger partial charge in [0.2, 0.25) is 29.4 Å². The zero-order chi connectivity index (χ0) is 38.6. The summed E-state index contributed by atoms with van der Waals surface area (Å²) in [6, 6.07) is -4.41. The molecule has 2 saturated heterocycles. The van der Waals surface area contributed by atoms with Crippen molar-refractivity contribution >= 4 is 41.4 Å². The van der Waals surface area contributed by atoms with E-state index in [1.54, 1.807) is 0 Å². The number of Topliss-reactive ketones (excluding diaryl/α,β-unsaturated/α-hetero) is 1. The van der Waals surface area contributed by atoms with Gasteiger partial charge in [-0.15, -0.1) is 0 Å². The highest BCUT2D eigenvalue weighted by Gasteiger charge is 2.47. The molecule has 7 amide bonds. The maximum Gasteiger partial charge on any atom is 0.315 e. The minimum absolute atomic E-state index is 0.0103. The molecule has 51 heavy (non-hydrogen) atoms. The standard InChI is InChI=1S/C38H62N6O7/c1-22(2)12-11-13-24-16-17-43(29(24)33(49)40-25(18-23-14-15-23)30(47)32(39)48)34(50)31(37(6,7)8)42-35(51)41-26(36(3,4)5)21-44-27(45)19-38(9,10)20-28(44)46/h11,13,22-26,29,31H,12,14-21H2,1-10H3,(H2,39,48)(H,40,49)(H2,41,42,51)/b13-11+/t24?,25?,26-,29+,31-/m1/s1. The zero-order valence-corrected chi connectivity index (χ0v) is 32.4. The molecule has 3 fully saturated rings. The molecule has 0 aromatic rings. The second-order valence-corrected chi connectivity index (χ2v) is 18.2. The molecule has 3 rings (SSSR count). The summed E-state index contributed by atoms with van der Waals surface area (Å²) in [5, 5.41) is 8.55. The Balaban J connectivity index is 1.86. The SMILES string of the molecule is CC(C)C/C=C/C1CCN(C(=O)[C@@H](NC(=O)N[C@H](CN2C(=O)CC(C)(C)CC2=O)C(C)(C)C)C(C)(C)C)[C@@H]1C(=O)NC(CC1CC1)C(=O)C(N)=O. The van der Waals surface area contributed by atoms with Crippen molar-refractivity contribution in [3.05, 3.63) is 12.2 Å². The van der Waals surface area contributed by atoms with Gasteiger partial charge in [0.05, 0.1) is 12.1 Å². The van der Waals surface area contributed by atoms with Gasteiger partial charge in [-0.2, -0.15) is 0 Å². The minimum Gasteiger partial charge on any atom is -0.363 e. The van der Waals surface area contributed by atoms with Gasteiger partial charge in [-0.3, -0.25) is 33.7 Å². The van der Waals surface area contributed by atoms with Crippen LogP contribution in [0.25, 0.3) is 0 Å². The van der Waals surface area contributed by atoms with E-state index in [0.29, 0.717) is 18.8 Å². The Morgan fingerprint density at radius 1 is 0.902 bits per heavy atom. The average Bonchev–Trinajstić information content (AvgIpc) is 3.69. The molecule has 0 spiro atoms. The first-order chi connectivity index (χ1) is 23.4. The van der Waals surface area contributed by atoms with Crippen molar-refractivity contribution in [1.29, 1.82) is 0 Å². The van der Waals surface area contributed by atoms with Crippen LogP contribution in [0.3, 0.4) is 0 Å². The summed E-state index contributed by atoms with van der Waals surface area (Å²) < 4.78 is 0. The number of carbonyl (C=O) groups excluding carboxylic acids is 7. The monoisotopic (exact) mass is 714 g/mol. The van der Waals surface area contributed by atoms with E-state index in [1.807, 2.05) is 67.5 Å². The minimum atomic E-state index is -1.12. The third kappa shape index (κ3) is 11.6. The Morgan fingerprint density at radius 2 is 1.49 bits per heavy atom. The van der Waals surface area contributed by atoms with Crippen LogP contribution in [-0.4, -0.2) is 88.4 Å². The van der Waals surface area contributed by atoms with Crippen molar-refractivity contribution in [2.75, 3.05) is 13.1 Å².